The number of benzene rings is 1. The van der Waals surface area contributed by atoms with Crippen LogP contribution in [0.15, 0.2) is 55.1 Å². The van der Waals surface area contributed by atoms with Gasteiger partial charge in [0.1, 0.15) is 11.4 Å². The number of nitrogens with zero attached hydrogens (tertiary/aromatic N) is 5. The molecule has 0 amide bonds. The quantitative estimate of drug-likeness (QED) is 0.514. The van der Waals surface area contributed by atoms with E-state index in [1.807, 2.05) is 30.7 Å². The highest BCUT2D eigenvalue weighted by Crippen LogP contribution is 2.38. The Labute approximate surface area is 180 Å². The molecule has 0 aliphatic carbocycles. The first-order chi connectivity index (χ1) is 15.3. The number of fused-ring (bicyclic) bond motifs is 2. The topological polar surface area (TPSA) is 79.4 Å². The molecule has 3 aromatic heterocycles. The molecule has 0 radical (unpaired) electrons. The summed E-state index contributed by atoms with van der Waals surface area (Å²) in [6.07, 6.45) is 7.39. The average molecular weight is 416 g/mol. The van der Waals surface area contributed by atoms with Crippen molar-refractivity contribution in [2.75, 3.05) is 50.3 Å². The van der Waals surface area contributed by atoms with Gasteiger partial charge in [-0.1, -0.05) is 12.1 Å². The Kier molecular flexibility index (Phi) is 5.13. The first-order valence-corrected chi connectivity index (χ1v) is 10.2. The van der Waals surface area contributed by atoms with Crippen LogP contribution in [0.4, 0.5) is 17.2 Å². The van der Waals surface area contributed by atoms with Gasteiger partial charge in [-0.2, -0.15) is 0 Å². The molecule has 5 rings (SSSR count). The van der Waals surface area contributed by atoms with Crippen molar-refractivity contribution in [1.29, 1.82) is 0 Å². The van der Waals surface area contributed by atoms with E-state index in [9.17, 15) is 0 Å². The normalized spacial score (nSPS) is 13.5. The molecule has 1 aliphatic heterocycles. The van der Waals surface area contributed by atoms with Crippen LogP contribution < -0.4 is 14.5 Å². The lowest BCUT2D eigenvalue weighted by Crippen LogP contribution is -2.41. The molecular weight excluding hydrogens is 392 g/mol. The smallest absolute Gasteiger partial charge is 0.162 e. The van der Waals surface area contributed by atoms with Crippen molar-refractivity contribution in [1.82, 2.24) is 19.9 Å². The fourth-order valence-electron chi connectivity index (χ4n) is 4.00. The zero-order valence-corrected chi connectivity index (χ0v) is 17.6. The fraction of sp³-hybridized carbons (Fsp3) is 0.261. The molecule has 0 saturated heterocycles. The molecule has 1 aromatic carbocycles. The second-order valence-corrected chi connectivity index (χ2v) is 7.36. The number of pyridine rings is 1. The molecule has 4 heterocycles. The van der Waals surface area contributed by atoms with E-state index in [1.165, 1.54) is 0 Å². The molecule has 0 atom stereocenters. The second-order valence-electron chi connectivity index (χ2n) is 7.36. The number of hydrogen-bond acceptors (Lipinski definition) is 7. The van der Waals surface area contributed by atoms with Crippen molar-refractivity contribution in [2.45, 2.75) is 0 Å². The highest BCUT2D eigenvalue weighted by molar-refractivity contribution is 5.93. The number of hydrogen-bond donors (Lipinski definition) is 1. The molecule has 158 valence electrons. The molecule has 1 aliphatic rings. The van der Waals surface area contributed by atoms with Gasteiger partial charge < -0.3 is 24.3 Å². The van der Waals surface area contributed by atoms with Crippen molar-refractivity contribution in [2.24, 2.45) is 0 Å². The monoisotopic (exact) mass is 416 g/mol. The molecule has 0 bridgehead atoms. The largest absolute Gasteiger partial charge is 0.495 e. The molecule has 0 spiro atoms. The van der Waals surface area contributed by atoms with E-state index in [1.54, 1.807) is 20.4 Å². The van der Waals surface area contributed by atoms with Crippen molar-refractivity contribution < 1.29 is 9.47 Å². The van der Waals surface area contributed by atoms with Crippen LogP contribution in [0.2, 0.25) is 0 Å². The van der Waals surface area contributed by atoms with Crippen LogP contribution >= 0.6 is 0 Å². The van der Waals surface area contributed by atoms with Crippen molar-refractivity contribution >= 4 is 28.1 Å². The molecule has 0 unspecified atom stereocenters. The summed E-state index contributed by atoms with van der Waals surface area (Å²) in [6, 6.07) is 10.2. The third kappa shape index (κ3) is 3.55. The molecule has 1 N–H and O–H groups in total. The summed E-state index contributed by atoms with van der Waals surface area (Å²) in [7, 11) is 3.37. The lowest BCUT2D eigenvalue weighted by molar-refractivity contribution is 0.205. The fourth-order valence-corrected chi connectivity index (χ4v) is 4.00. The van der Waals surface area contributed by atoms with Gasteiger partial charge in [-0.15, -0.1) is 0 Å². The minimum Gasteiger partial charge on any atom is -0.495 e. The average Bonchev–Trinajstić information content (AvgIpc) is 3.31. The lowest BCUT2D eigenvalue weighted by Gasteiger charge is -2.37. The van der Waals surface area contributed by atoms with E-state index < -0.39 is 0 Å². The third-order valence-electron chi connectivity index (χ3n) is 5.58. The number of ether oxygens (including phenoxy) is 2. The van der Waals surface area contributed by atoms with Crippen LogP contribution in [0.1, 0.15) is 0 Å². The number of rotatable bonds is 6. The Bertz CT molecular complexity index is 1210. The van der Waals surface area contributed by atoms with Gasteiger partial charge in [0.2, 0.25) is 0 Å². The maximum atomic E-state index is 5.37. The van der Waals surface area contributed by atoms with Crippen LogP contribution in [0.3, 0.4) is 0 Å². The summed E-state index contributed by atoms with van der Waals surface area (Å²) < 4.78 is 10.7. The van der Waals surface area contributed by atoms with E-state index >= 15 is 0 Å². The van der Waals surface area contributed by atoms with Crippen LogP contribution in [0.25, 0.3) is 22.3 Å². The van der Waals surface area contributed by atoms with Crippen LogP contribution in [0, 0.1) is 0 Å². The predicted octanol–water partition coefficient (Wildman–Crippen LogP) is 3.63. The van der Waals surface area contributed by atoms with Crippen molar-refractivity contribution in [3.63, 3.8) is 0 Å². The zero-order valence-electron chi connectivity index (χ0n) is 17.6. The number of anilines is 3. The predicted molar refractivity (Wildman–Crippen MR) is 121 cm³/mol. The number of H-pyrrole nitrogens is 1. The molecule has 8 nitrogen and oxygen atoms in total. The Morgan fingerprint density at radius 2 is 2.03 bits per heavy atom. The first kappa shape index (κ1) is 19.3. The first-order valence-electron chi connectivity index (χ1n) is 10.2. The maximum Gasteiger partial charge on any atom is 0.162 e. The minimum atomic E-state index is 0.632. The number of nitrogens with one attached hydrogen (secondary N) is 1. The van der Waals surface area contributed by atoms with Crippen LogP contribution in [-0.4, -0.2) is 60.4 Å². The van der Waals surface area contributed by atoms with E-state index in [-0.39, 0.29) is 0 Å². The van der Waals surface area contributed by atoms with Gasteiger partial charge in [-0.3, -0.25) is 4.98 Å². The highest BCUT2D eigenvalue weighted by atomic mass is 16.5. The van der Waals surface area contributed by atoms with E-state index in [0.717, 1.165) is 59.0 Å². The second kappa shape index (κ2) is 8.23. The van der Waals surface area contributed by atoms with Gasteiger partial charge in [0, 0.05) is 55.5 Å². The summed E-state index contributed by atoms with van der Waals surface area (Å²) in [5, 5.41) is 1.11. The van der Waals surface area contributed by atoms with Gasteiger partial charge in [-0.25, -0.2) is 9.97 Å². The SMILES string of the molecule is COCCN1CCN(c2cncc(OC)c2)c2cnc(-c3cccc4[nH]ccc34)nc21. The van der Waals surface area contributed by atoms with E-state index in [0.29, 0.717) is 12.4 Å². The van der Waals surface area contributed by atoms with Crippen molar-refractivity contribution in [3.8, 4) is 17.1 Å². The minimum absolute atomic E-state index is 0.632. The lowest BCUT2D eigenvalue weighted by atomic mass is 10.1. The standard InChI is InChI=1S/C23H24N6O2/c1-30-11-10-28-8-9-29(16-12-17(31-2)14-24-13-16)21-15-26-22(27-23(21)28)19-4-3-5-20-18(19)6-7-25-20/h3-7,12-15,25H,8-11H2,1-2H3. The Morgan fingerprint density at radius 3 is 2.90 bits per heavy atom. The summed E-state index contributed by atoms with van der Waals surface area (Å²) in [5.41, 5.74) is 3.98. The van der Waals surface area contributed by atoms with Gasteiger partial charge in [0.05, 0.1) is 38.0 Å². The van der Waals surface area contributed by atoms with Crippen LogP contribution in [-0.2, 0) is 4.74 Å². The molecule has 0 fully saturated rings. The van der Waals surface area contributed by atoms with Gasteiger partial charge in [0.15, 0.2) is 11.6 Å². The molecule has 8 heteroatoms. The van der Waals surface area contributed by atoms with Gasteiger partial charge >= 0.3 is 0 Å². The van der Waals surface area contributed by atoms with E-state index in [4.69, 9.17) is 19.4 Å². The third-order valence-corrected chi connectivity index (χ3v) is 5.58. The summed E-state index contributed by atoms with van der Waals surface area (Å²) in [4.78, 5) is 21.8. The number of aromatic nitrogens is 4. The molecule has 4 aromatic rings. The van der Waals surface area contributed by atoms with Gasteiger partial charge in [0.25, 0.3) is 0 Å². The summed E-state index contributed by atoms with van der Waals surface area (Å²) in [6.45, 7) is 3.01. The Morgan fingerprint density at radius 1 is 1.10 bits per heavy atom. The molecular formula is C23H24N6O2. The van der Waals surface area contributed by atoms with Gasteiger partial charge in [-0.05, 0) is 12.1 Å². The maximum absolute atomic E-state index is 5.37. The van der Waals surface area contributed by atoms with E-state index in [2.05, 4.69) is 38.0 Å². The zero-order chi connectivity index (χ0) is 21.2. The number of aromatic amines is 1. The summed E-state index contributed by atoms with van der Waals surface area (Å²) >= 11 is 0. The number of methoxy groups -OCH3 is 2. The summed E-state index contributed by atoms with van der Waals surface area (Å²) in [5.74, 6) is 2.32. The molecule has 31 heavy (non-hydrogen) atoms. The highest BCUT2D eigenvalue weighted by Gasteiger charge is 2.27. The Hall–Kier alpha value is -3.65. The van der Waals surface area contributed by atoms with Crippen LogP contribution in [0.5, 0.6) is 5.75 Å². The molecule has 0 saturated carbocycles. The van der Waals surface area contributed by atoms with Crippen molar-refractivity contribution in [3.05, 3.63) is 55.1 Å². The Balaban J connectivity index is 1.60.